The summed E-state index contributed by atoms with van der Waals surface area (Å²) >= 11 is 0. The van der Waals surface area contributed by atoms with Crippen molar-refractivity contribution in [2.75, 3.05) is 26.0 Å². The highest BCUT2D eigenvalue weighted by Crippen LogP contribution is 2.50. The Morgan fingerprint density at radius 2 is 1.42 bits per heavy atom. The second-order valence-corrected chi connectivity index (χ2v) is 15.1. The van der Waals surface area contributed by atoms with E-state index < -0.39 is 14.7 Å². The van der Waals surface area contributed by atoms with Crippen LogP contribution in [0.2, 0.25) is 0 Å². The molecule has 0 fully saturated rings. The fourth-order valence-electron chi connectivity index (χ4n) is 7.12. The zero-order chi connectivity index (χ0) is 34.1. The van der Waals surface area contributed by atoms with Crippen molar-refractivity contribution in [1.29, 1.82) is 0 Å². The fourth-order valence-corrected chi connectivity index (χ4v) is 9.37. The van der Waals surface area contributed by atoms with Crippen LogP contribution in [0.4, 0.5) is 0 Å². The molecule has 4 aromatic carbocycles. The van der Waals surface area contributed by atoms with Gasteiger partial charge in [0, 0.05) is 53.6 Å². The van der Waals surface area contributed by atoms with E-state index >= 15 is 0 Å². The molecule has 1 N–H and O–H groups in total. The first-order valence-electron chi connectivity index (χ1n) is 16.8. The first-order valence-corrected chi connectivity index (χ1v) is 18.7. The molecule has 246 valence electrons. The molecule has 0 bridgehead atoms. The second kappa shape index (κ2) is 13.5. The van der Waals surface area contributed by atoms with Crippen LogP contribution in [0.3, 0.4) is 0 Å². The third kappa shape index (κ3) is 5.88. The fraction of sp³-hybridized carbons (Fsp3) is 0.300. The second-order valence-electron chi connectivity index (χ2n) is 12.5. The number of rotatable bonds is 12. The average Bonchev–Trinajstić information content (AvgIpc) is 3.53. The van der Waals surface area contributed by atoms with Crippen molar-refractivity contribution in [3.05, 3.63) is 113 Å². The lowest BCUT2D eigenvalue weighted by atomic mass is 9.81. The van der Waals surface area contributed by atoms with E-state index in [0.29, 0.717) is 19.8 Å². The number of benzene rings is 4. The Bertz CT molecular complexity index is 2070. The molecule has 7 nitrogen and oxygen atoms in total. The summed E-state index contributed by atoms with van der Waals surface area (Å²) < 4.78 is 19.9. The van der Waals surface area contributed by atoms with E-state index in [9.17, 15) is 4.79 Å². The Morgan fingerprint density at radius 1 is 0.812 bits per heavy atom. The summed E-state index contributed by atoms with van der Waals surface area (Å²) in [5, 5.41) is 5.39. The molecule has 0 saturated carbocycles. The van der Waals surface area contributed by atoms with Crippen molar-refractivity contribution in [3.8, 4) is 22.3 Å². The van der Waals surface area contributed by atoms with Gasteiger partial charge in [-0.1, -0.05) is 68.4 Å². The van der Waals surface area contributed by atoms with Crippen molar-refractivity contribution in [2.24, 2.45) is 0 Å². The topological polar surface area (TPSA) is 66.1 Å². The molecule has 48 heavy (non-hydrogen) atoms. The van der Waals surface area contributed by atoms with Gasteiger partial charge >= 0.3 is 8.80 Å². The van der Waals surface area contributed by atoms with Crippen LogP contribution in [-0.4, -0.2) is 45.3 Å². The van der Waals surface area contributed by atoms with Gasteiger partial charge < -0.3 is 23.2 Å². The van der Waals surface area contributed by atoms with E-state index in [1.54, 1.807) is 6.08 Å². The molecule has 8 heteroatoms. The average molecular weight is 658 g/mol. The molecule has 0 unspecified atom stereocenters. The summed E-state index contributed by atoms with van der Waals surface area (Å²) in [7, 11) is -3.10. The van der Waals surface area contributed by atoms with Crippen molar-refractivity contribution in [1.82, 2.24) is 9.88 Å². The first-order chi connectivity index (χ1) is 23.2. The number of amides is 1. The number of carbonyl (C=O) groups is 1. The molecule has 5 aromatic rings. The highest BCUT2D eigenvalue weighted by atomic mass is 28.4. The van der Waals surface area contributed by atoms with Gasteiger partial charge in [-0.3, -0.25) is 4.79 Å². The SMILES string of the molecule is [C-]#[N+]/C(=C\c1ccc2c(c1)C(C)(C)c1cc(-c3ccc4c(c3)c3ccccc3n4CC)ccc1-2)C(=O)NC[Si](OCC)(OCC)OCC. The molecule has 1 aliphatic carbocycles. The van der Waals surface area contributed by atoms with Crippen LogP contribution in [0.25, 0.3) is 55.0 Å². The molecule has 1 aromatic heterocycles. The van der Waals surface area contributed by atoms with Gasteiger partial charge in [-0.2, -0.15) is 0 Å². The third-order valence-corrected chi connectivity index (χ3v) is 12.1. The summed E-state index contributed by atoms with van der Waals surface area (Å²) in [6.07, 6.45) is 1.75. The highest BCUT2D eigenvalue weighted by molar-refractivity contribution is 6.61. The van der Waals surface area contributed by atoms with Gasteiger partial charge in [0.25, 0.3) is 5.70 Å². The van der Waals surface area contributed by atoms with E-state index in [0.717, 1.165) is 12.1 Å². The number of carbonyl (C=O) groups excluding carboxylic acids is 1. The molecule has 0 atom stereocenters. The van der Waals surface area contributed by atoms with E-state index in [1.165, 1.54) is 55.2 Å². The van der Waals surface area contributed by atoms with Crippen LogP contribution in [0.15, 0.2) is 84.6 Å². The smallest absolute Gasteiger partial charge is 0.373 e. The van der Waals surface area contributed by atoms with Crippen LogP contribution in [0.1, 0.15) is 58.2 Å². The van der Waals surface area contributed by atoms with Gasteiger partial charge in [0.05, 0.1) is 12.7 Å². The van der Waals surface area contributed by atoms with Crippen molar-refractivity contribution in [2.45, 2.75) is 53.5 Å². The van der Waals surface area contributed by atoms with Crippen molar-refractivity contribution >= 4 is 42.6 Å². The number of hydrogen-bond donors (Lipinski definition) is 1. The number of nitrogens with zero attached hydrogens (tertiary/aromatic N) is 2. The van der Waals surface area contributed by atoms with Crippen LogP contribution in [-0.2, 0) is 30.0 Å². The monoisotopic (exact) mass is 657 g/mol. The van der Waals surface area contributed by atoms with Crippen LogP contribution >= 0.6 is 0 Å². The molecule has 0 saturated heterocycles. The largest absolute Gasteiger partial charge is 0.521 e. The molecule has 1 aliphatic rings. The lowest BCUT2D eigenvalue weighted by Gasteiger charge is -2.28. The molecular formula is C40H43N3O4Si. The number of aryl methyl sites for hydroxylation is 1. The summed E-state index contributed by atoms with van der Waals surface area (Å²) in [5.41, 5.74) is 10.2. The number of nitrogens with one attached hydrogen (secondary N) is 1. The minimum absolute atomic E-state index is 0.00206. The van der Waals surface area contributed by atoms with E-state index in [1.807, 2.05) is 26.8 Å². The molecule has 0 spiro atoms. The molecular weight excluding hydrogens is 615 g/mol. The molecule has 6 rings (SSSR count). The van der Waals surface area contributed by atoms with Crippen LogP contribution < -0.4 is 5.32 Å². The van der Waals surface area contributed by atoms with Gasteiger partial charge in [0.15, 0.2) is 0 Å². The quantitative estimate of drug-likeness (QED) is 0.0828. The molecule has 0 aliphatic heterocycles. The van der Waals surface area contributed by atoms with Crippen LogP contribution in [0.5, 0.6) is 0 Å². The number of hydrogen-bond acceptors (Lipinski definition) is 4. The number of para-hydroxylation sites is 1. The van der Waals surface area contributed by atoms with Crippen molar-refractivity contribution in [3.63, 3.8) is 0 Å². The lowest BCUT2D eigenvalue weighted by Crippen LogP contribution is -2.55. The Hall–Kier alpha value is -4.52. The maximum atomic E-state index is 13.2. The van der Waals surface area contributed by atoms with Crippen molar-refractivity contribution < 1.29 is 18.1 Å². The summed E-state index contributed by atoms with van der Waals surface area (Å²) in [6.45, 7) is 22.2. The zero-order valence-corrected chi connectivity index (χ0v) is 29.6. The first kappa shape index (κ1) is 33.4. The van der Waals surface area contributed by atoms with Gasteiger partial charge in [-0.15, -0.1) is 0 Å². The highest BCUT2D eigenvalue weighted by Gasteiger charge is 2.41. The molecule has 1 amide bonds. The normalized spacial score (nSPS) is 13.8. The zero-order valence-electron chi connectivity index (χ0n) is 28.6. The third-order valence-electron chi connectivity index (χ3n) is 9.34. The van der Waals surface area contributed by atoms with E-state index in [2.05, 4.69) is 108 Å². The molecule has 1 heterocycles. The lowest BCUT2D eigenvalue weighted by molar-refractivity contribution is -0.117. The van der Waals surface area contributed by atoms with Gasteiger partial charge in [0.2, 0.25) is 5.91 Å². The van der Waals surface area contributed by atoms with Gasteiger partial charge in [0.1, 0.15) is 0 Å². The predicted molar refractivity (Wildman–Crippen MR) is 196 cm³/mol. The number of aromatic nitrogens is 1. The molecule has 0 radical (unpaired) electrons. The minimum Gasteiger partial charge on any atom is -0.373 e. The summed E-state index contributed by atoms with van der Waals surface area (Å²) in [4.78, 5) is 16.8. The minimum atomic E-state index is -3.10. The number of fused-ring (bicyclic) bond motifs is 6. The Labute approximate surface area is 284 Å². The maximum Gasteiger partial charge on any atom is 0.521 e. The van der Waals surface area contributed by atoms with Crippen LogP contribution in [0, 0.1) is 6.57 Å². The summed E-state index contributed by atoms with van der Waals surface area (Å²) in [6, 6.07) is 28.4. The predicted octanol–water partition coefficient (Wildman–Crippen LogP) is 8.75. The Balaban J connectivity index is 1.29. The van der Waals surface area contributed by atoms with E-state index in [-0.39, 0.29) is 17.3 Å². The maximum absolute atomic E-state index is 13.2. The Morgan fingerprint density at radius 3 is 2.08 bits per heavy atom. The van der Waals surface area contributed by atoms with E-state index in [4.69, 9.17) is 19.9 Å². The Kier molecular flexibility index (Phi) is 9.41. The summed E-state index contributed by atoms with van der Waals surface area (Å²) in [5.74, 6) is -0.479. The van der Waals surface area contributed by atoms with Gasteiger partial charge in [-0.05, 0) is 97.0 Å². The standard InChI is InChI=1S/C40H43N3O4Si/c1-8-43-37-15-13-12-14-32(37)33-24-28(18-21-38(33)43)29-17-20-31-30-19-16-27(22-34(30)40(5,6)35(31)25-29)23-36(41-7)39(44)42-26-48(45-9-2,46-10-3)47-11-4/h12-25H,8-11,26H2,1-6H3,(H,42,44)/b36-23-. The van der Waals surface area contributed by atoms with Gasteiger partial charge in [-0.25, -0.2) is 4.85 Å².